The molecule has 6 nitrogen and oxygen atoms in total. The van der Waals surface area contributed by atoms with E-state index in [1.54, 1.807) is 0 Å². The molecule has 0 radical (unpaired) electrons. The maximum absolute atomic E-state index is 11.8. The Bertz CT molecular complexity index is 518. The summed E-state index contributed by atoms with van der Waals surface area (Å²) in [5.74, 6) is 0.0596. The summed E-state index contributed by atoms with van der Waals surface area (Å²) in [6.45, 7) is 5.34. The van der Waals surface area contributed by atoms with Gasteiger partial charge in [-0.15, -0.1) is 0 Å². The average molecular weight is 364 g/mol. The highest BCUT2D eigenvalue weighted by molar-refractivity contribution is 5.75. The third-order valence-electron chi connectivity index (χ3n) is 4.34. The first-order valence-corrected chi connectivity index (χ1v) is 9.43. The number of hydrogen-bond donors (Lipinski definition) is 2. The van der Waals surface area contributed by atoms with Gasteiger partial charge in [-0.1, -0.05) is 57.0 Å². The molecule has 0 saturated carbocycles. The topological polar surface area (TPSA) is 90.6 Å². The number of ether oxygens (including phenoxy) is 2. The van der Waals surface area contributed by atoms with Crippen LogP contribution in [-0.2, 0) is 20.9 Å². The highest BCUT2D eigenvalue weighted by Crippen LogP contribution is 2.09. The molecule has 0 saturated heterocycles. The van der Waals surface area contributed by atoms with E-state index < -0.39 is 12.1 Å². The lowest BCUT2D eigenvalue weighted by molar-refractivity contribution is -0.146. The molecule has 0 bridgehead atoms. The van der Waals surface area contributed by atoms with Crippen molar-refractivity contribution in [2.24, 2.45) is 11.7 Å². The largest absolute Gasteiger partial charge is 0.464 e. The van der Waals surface area contributed by atoms with Gasteiger partial charge < -0.3 is 20.5 Å². The van der Waals surface area contributed by atoms with E-state index in [1.165, 1.54) is 0 Å². The summed E-state index contributed by atoms with van der Waals surface area (Å²) >= 11 is 0. The molecule has 6 heteroatoms. The van der Waals surface area contributed by atoms with Gasteiger partial charge in [-0.2, -0.15) is 0 Å². The number of carbonyl (C=O) groups is 2. The molecule has 1 atom stereocenters. The molecule has 1 aromatic carbocycles. The quantitative estimate of drug-likeness (QED) is 0.438. The van der Waals surface area contributed by atoms with Crippen molar-refractivity contribution < 1.29 is 19.1 Å². The number of hydrogen-bond acceptors (Lipinski definition) is 5. The van der Waals surface area contributed by atoms with Crippen LogP contribution in [0.5, 0.6) is 0 Å². The van der Waals surface area contributed by atoms with Gasteiger partial charge in [0.2, 0.25) is 0 Å². The summed E-state index contributed by atoms with van der Waals surface area (Å²) in [4.78, 5) is 23.4. The Morgan fingerprint density at radius 1 is 1.08 bits per heavy atom. The summed E-state index contributed by atoms with van der Waals surface area (Å²) in [6.07, 6.45) is 3.55. The lowest BCUT2D eigenvalue weighted by atomic mass is 10.1. The van der Waals surface area contributed by atoms with Crippen LogP contribution in [-0.4, -0.2) is 31.3 Å². The van der Waals surface area contributed by atoms with E-state index in [4.69, 9.17) is 15.2 Å². The second-order valence-corrected chi connectivity index (χ2v) is 6.40. The van der Waals surface area contributed by atoms with Crippen LogP contribution in [0.4, 0.5) is 4.79 Å². The molecule has 0 aromatic heterocycles. The first kappa shape index (κ1) is 22.0. The monoisotopic (exact) mass is 364 g/mol. The third kappa shape index (κ3) is 9.42. The van der Waals surface area contributed by atoms with Crippen LogP contribution in [0.2, 0.25) is 0 Å². The number of unbranched alkanes of at least 4 members (excludes halogenated alkanes) is 1. The van der Waals surface area contributed by atoms with E-state index >= 15 is 0 Å². The van der Waals surface area contributed by atoms with E-state index in [0.717, 1.165) is 31.2 Å². The Morgan fingerprint density at radius 3 is 2.42 bits per heavy atom. The SMILES string of the molecule is CCC(CC)COC(=O)[C@@H](N)CCCCNC(=O)OCc1ccccc1. The Kier molecular flexibility index (Phi) is 11.1. The maximum Gasteiger partial charge on any atom is 0.407 e. The van der Waals surface area contributed by atoms with Gasteiger partial charge in [0.25, 0.3) is 0 Å². The van der Waals surface area contributed by atoms with Crippen LogP contribution in [0.1, 0.15) is 51.5 Å². The van der Waals surface area contributed by atoms with E-state index in [1.807, 2.05) is 30.3 Å². The van der Waals surface area contributed by atoms with Gasteiger partial charge in [-0.3, -0.25) is 4.79 Å². The molecule has 0 fully saturated rings. The molecule has 0 aliphatic heterocycles. The zero-order chi connectivity index (χ0) is 19.2. The normalized spacial score (nSPS) is 11.8. The lowest BCUT2D eigenvalue weighted by Crippen LogP contribution is -2.33. The van der Waals surface area contributed by atoms with E-state index in [-0.39, 0.29) is 12.6 Å². The Balaban J connectivity index is 2.06. The molecule has 1 aromatic rings. The molecule has 26 heavy (non-hydrogen) atoms. The molecule has 0 spiro atoms. The molecule has 1 rings (SSSR count). The smallest absolute Gasteiger partial charge is 0.407 e. The summed E-state index contributed by atoms with van der Waals surface area (Å²) in [5.41, 5.74) is 6.80. The van der Waals surface area contributed by atoms with Gasteiger partial charge in [0, 0.05) is 6.54 Å². The maximum atomic E-state index is 11.8. The number of esters is 1. The van der Waals surface area contributed by atoms with Crippen molar-refractivity contribution in [2.75, 3.05) is 13.2 Å². The van der Waals surface area contributed by atoms with E-state index in [9.17, 15) is 9.59 Å². The number of alkyl carbamates (subject to hydrolysis) is 1. The Morgan fingerprint density at radius 2 is 1.77 bits per heavy atom. The van der Waals surface area contributed by atoms with Gasteiger partial charge in [0.1, 0.15) is 12.6 Å². The molecule has 0 unspecified atom stereocenters. The zero-order valence-corrected chi connectivity index (χ0v) is 15.9. The van der Waals surface area contributed by atoms with Crippen molar-refractivity contribution in [1.29, 1.82) is 0 Å². The predicted octanol–water partition coefficient (Wildman–Crippen LogP) is 3.39. The highest BCUT2D eigenvalue weighted by atomic mass is 16.5. The zero-order valence-electron chi connectivity index (χ0n) is 15.9. The van der Waals surface area contributed by atoms with Crippen molar-refractivity contribution in [3.63, 3.8) is 0 Å². The Hall–Kier alpha value is -2.08. The molecule has 0 aliphatic rings. The molecule has 0 heterocycles. The van der Waals surface area contributed by atoms with Gasteiger partial charge in [-0.25, -0.2) is 4.79 Å². The van der Waals surface area contributed by atoms with Crippen LogP contribution >= 0.6 is 0 Å². The minimum absolute atomic E-state index is 0.250. The standard InChI is InChI=1S/C20H32N2O4/c1-3-16(4-2)14-25-19(23)18(21)12-8-9-13-22-20(24)26-15-17-10-6-5-7-11-17/h5-7,10-11,16,18H,3-4,8-9,12-15,21H2,1-2H3,(H,22,24)/t18-/m0/s1. The minimum atomic E-state index is -0.602. The summed E-state index contributed by atoms with van der Waals surface area (Å²) < 4.78 is 10.4. The van der Waals surface area contributed by atoms with Gasteiger partial charge in [-0.05, 0) is 30.7 Å². The first-order valence-electron chi connectivity index (χ1n) is 9.43. The van der Waals surface area contributed by atoms with E-state index in [2.05, 4.69) is 19.2 Å². The van der Waals surface area contributed by atoms with Gasteiger partial charge >= 0.3 is 12.1 Å². The summed E-state index contributed by atoms with van der Waals surface area (Å²) in [6, 6.07) is 8.91. The summed E-state index contributed by atoms with van der Waals surface area (Å²) in [7, 11) is 0. The molecule has 3 N–H and O–H groups in total. The van der Waals surface area contributed by atoms with Crippen LogP contribution in [0.15, 0.2) is 30.3 Å². The second kappa shape index (κ2) is 13.2. The van der Waals surface area contributed by atoms with Crippen molar-refractivity contribution in [1.82, 2.24) is 5.32 Å². The van der Waals surface area contributed by atoms with Gasteiger partial charge in [0.15, 0.2) is 0 Å². The molecule has 0 aliphatic carbocycles. The minimum Gasteiger partial charge on any atom is -0.464 e. The number of nitrogens with two attached hydrogens (primary N) is 1. The second-order valence-electron chi connectivity index (χ2n) is 6.40. The summed E-state index contributed by atoms with van der Waals surface area (Å²) in [5, 5.41) is 2.69. The van der Waals surface area contributed by atoms with E-state index in [0.29, 0.717) is 25.5 Å². The lowest BCUT2D eigenvalue weighted by Gasteiger charge is -2.15. The van der Waals surface area contributed by atoms with Crippen LogP contribution in [0.3, 0.4) is 0 Å². The number of carbonyl (C=O) groups excluding carboxylic acids is 2. The number of amides is 1. The average Bonchev–Trinajstić information content (AvgIpc) is 2.67. The van der Waals surface area contributed by atoms with Crippen LogP contribution in [0.25, 0.3) is 0 Å². The van der Waals surface area contributed by atoms with Crippen LogP contribution in [0, 0.1) is 5.92 Å². The molecular weight excluding hydrogens is 332 g/mol. The third-order valence-corrected chi connectivity index (χ3v) is 4.34. The van der Waals surface area contributed by atoms with Crippen molar-refractivity contribution in [3.8, 4) is 0 Å². The number of benzene rings is 1. The number of nitrogens with one attached hydrogen (secondary N) is 1. The van der Waals surface area contributed by atoms with Crippen LogP contribution < -0.4 is 11.1 Å². The molecular formula is C20H32N2O4. The van der Waals surface area contributed by atoms with Crippen molar-refractivity contribution in [2.45, 2.75) is 58.6 Å². The fourth-order valence-electron chi connectivity index (χ4n) is 2.40. The fourth-order valence-corrected chi connectivity index (χ4v) is 2.40. The predicted molar refractivity (Wildman–Crippen MR) is 101 cm³/mol. The highest BCUT2D eigenvalue weighted by Gasteiger charge is 2.16. The number of rotatable bonds is 12. The van der Waals surface area contributed by atoms with Crippen molar-refractivity contribution >= 4 is 12.1 Å². The Labute approximate surface area is 156 Å². The van der Waals surface area contributed by atoms with Gasteiger partial charge in [0.05, 0.1) is 6.61 Å². The fraction of sp³-hybridized carbons (Fsp3) is 0.600. The van der Waals surface area contributed by atoms with Crippen molar-refractivity contribution in [3.05, 3.63) is 35.9 Å². The molecule has 146 valence electrons. The molecule has 1 amide bonds. The first-order chi connectivity index (χ1) is 12.6.